The molecule has 0 bridgehead atoms. The number of rotatable bonds is 6. The van der Waals surface area contributed by atoms with Crippen molar-refractivity contribution >= 4 is 45.2 Å². The molecule has 2 aliphatic rings. The average molecular weight is 483 g/mol. The van der Waals surface area contributed by atoms with Gasteiger partial charge in [-0.1, -0.05) is 28.6 Å². The molecule has 158 valence electrons. The van der Waals surface area contributed by atoms with E-state index in [-0.39, 0.29) is 11.7 Å². The molecule has 0 unspecified atom stereocenters. The number of hydrogen-bond acceptors (Lipinski definition) is 5. The molecule has 2 aromatic heterocycles. The standard InChI is InChI=1S/C22H20BrFN6O/c1-12-14(7-21(31)27-12)6-15-11-26-30-20(28-17-4-5-17)9-19(29-22(15)30)25-10-13-2-3-16(24)8-18(13)23/h2-3,6,8-9,11,17,28H,1,4-5,7,10H2,(H,25,29)(H,27,31)/b14-6+. The highest BCUT2D eigenvalue weighted by Crippen LogP contribution is 2.29. The van der Waals surface area contributed by atoms with Crippen LogP contribution in [0.2, 0.25) is 0 Å². The SMILES string of the molecule is C=C1NC(=O)C/C1=C\c1cnn2c(NC3CC3)cc(NCc3ccc(F)cc3Br)nc12. The number of fused-ring (bicyclic) bond motifs is 1. The van der Waals surface area contributed by atoms with E-state index < -0.39 is 0 Å². The number of allylic oxidation sites excluding steroid dienone is 1. The van der Waals surface area contributed by atoms with E-state index in [1.54, 1.807) is 16.8 Å². The normalized spacial score (nSPS) is 17.4. The summed E-state index contributed by atoms with van der Waals surface area (Å²) in [6.07, 6.45) is 6.18. The molecule has 3 aromatic rings. The highest BCUT2D eigenvalue weighted by molar-refractivity contribution is 9.10. The third-order valence-electron chi connectivity index (χ3n) is 5.26. The molecule has 7 nitrogen and oxygen atoms in total. The van der Waals surface area contributed by atoms with Crippen LogP contribution in [0.5, 0.6) is 0 Å². The Morgan fingerprint density at radius 3 is 2.90 bits per heavy atom. The first-order valence-electron chi connectivity index (χ1n) is 9.99. The van der Waals surface area contributed by atoms with Gasteiger partial charge >= 0.3 is 0 Å². The summed E-state index contributed by atoms with van der Waals surface area (Å²) < 4.78 is 15.8. The Balaban J connectivity index is 1.49. The van der Waals surface area contributed by atoms with E-state index in [9.17, 15) is 9.18 Å². The number of aromatic nitrogens is 3. The van der Waals surface area contributed by atoms with Crippen LogP contribution in [0.25, 0.3) is 11.7 Å². The van der Waals surface area contributed by atoms with Gasteiger partial charge in [0.05, 0.1) is 12.6 Å². The molecule has 0 radical (unpaired) electrons. The van der Waals surface area contributed by atoms with Crippen molar-refractivity contribution in [2.24, 2.45) is 0 Å². The van der Waals surface area contributed by atoms with Crippen molar-refractivity contribution < 1.29 is 9.18 Å². The van der Waals surface area contributed by atoms with Crippen LogP contribution in [0.3, 0.4) is 0 Å². The first-order chi connectivity index (χ1) is 15.0. The minimum absolute atomic E-state index is 0.0657. The summed E-state index contributed by atoms with van der Waals surface area (Å²) in [7, 11) is 0. The minimum Gasteiger partial charge on any atom is -0.367 e. The Bertz CT molecular complexity index is 1250. The van der Waals surface area contributed by atoms with Crippen molar-refractivity contribution in [3.63, 3.8) is 0 Å². The molecule has 9 heteroatoms. The number of carbonyl (C=O) groups excluding carboxylic acids is 1. The van der Waals surface area contributed by atoms with Crippen LogP contribution in [-0.4, -0.2) is 26.5 Å². The van der Waals surface area contributed by atoms with Crippen molar-refractivity contribution in [1.29, 1.82) is 0 Å². The highest BCUT2D eigenvalue weighted by atomic mass is 79.9. The second-order valence-electron chi connectivity index (χ2n) is 7.74. The second kappa shape index (κ2) is 7.81. The summed E-state index contributed by atoms with van der Waals surface area (Å²) in [4.78, 5) is 16.4. The molecular weight excluding hydrogens is 463 g/mol. The molecule has 31 heavy (non-hydrogen) atoms. The van der Waals surface area contributed by atoms with Gasteiger partial charge in [0.1, 0.15) is 17.5 Å². The van der Waals surface area contributed by atoms with Crippen LogP contribution in [0.1, 0.15) is 30.4 Å². The molecule has 1 aliphatic carbocycles. The number of nitrogens with one attached hydrogen (secondary N) is 3. The maximum atomic E-state index is 13.4. The predicted molar refractivity (Wildman–Crippen MR) is 121 cm³/mol. The molecule has 5 rings (SSSR count). The molecule has 1 aliphatic heterocycles. The number of hydrogen-bond donors (Lipinski definition) is 3. The van der Waals surface area contributed by atoms with Gasteiger partial charge < -0.3 is 16.0 Å². The number of halogens is 2. The number of carbonyl (C=O) groups is 1. The Morgan fingerprint density at radius 1 is 1.35 bits per heavy atom. The fourth-order valence-corrected chi connectivity index (χ4v) is 3.95. The quantitative estimate of drug-likeness (QED) is 0.489. The second-order valence-corrected chi connectivity index (χ2v) is 8.60. The van der Waals surface area contributed by atoms with Crippen LogP contribution in [0.15, 0.2) is 52.8 Å². The van der Waals surface area contributed by atoms with Gasteiger partial charge in [0.15, 0.2) is 5.65 Å². The van der Waals surface area contributed by atoms with Crippen molar-refractivity contribution in [2.45, 2.75) is 31.8 Å². The summed E-state index contributed by atoms with van der Waals surface area (Å²) in [5, 5.41) is 14.1. The zero-order valence-electron chi connectivity index (χ0n) is 16.6. The van der Waals surface area contributed by atoms with E-state index >= 15 is 0 Å². The van der Waals surface area contributed by atoms with E-state index in [2.05, 4.69) is 43.6 Å². The van der Waals surface area contributed by atoms with Gasteiger partial charge in [0, 0.05) is 34.4 Å². The summed E-state index contributed by atoms with van der Waals surface area (Å²) in [5.41, 5.74) is 3.83. The first-order valence-corrected chi connectivity index (χ1v) is 10.8. The van der Waals surface area contributed by atoms with Gasteiger partial charge in [0.25, 0.3) is 0 Å². The van der Waals surface area contributed by atoms with Crippen LogP contribution in [-0.2, 0) is 11.3 Å². The molecule has 0 atom stereocenters. The fraction of sp³-hybridized carbons (Fsp3) is 0.227. The molecule has 1 saturated heterocycles. The summed E-state index contributed by atoms with van der Waals surface area (Å²) in [6, 6.07) is 6.97. The Labute approximate surface area is 186 Å². The van der Waals surface area contributed by atoms with Crippen molar-refractivity contribution in [1.82, 2.24) is 19.9 Å². The smallest absolute Gasteiger partial charge is 0.228 e. The summed E-state index contributed by atoms with van der Waals surface area (Å²) in [6.45, 7) is 4.38. The molecule has 1 amide bonds. The molecular formula is C22H20BrFN6O. The Kier molecular flexibility index (Phi) is 4.97. The number of amides is 1. The molecule has 2 fully saturated rings. The highest BCUT2D eigenvalue weighted by Gasteiger charge is 2.24. The van der Waals surface area contributed by atoms with Gasteiger partial charge in [0.2, 0.25) is 5.91 Å². The van der Waals surface area contributed by atoms with E-state index in [0.717, 1.165) is 35.4 Å². The molecule has 1 saturated carbocycles. The molecule has 3 N–H and O–H groups in total. The number of nitrogens with zero attached hydrogens (tertiary/aromatic N) is 3. The topological polar surface area (TPSA) is 83.4 Å². The van der Waals surface area contributed by atoms with Gasteiger partial charge in [-0.25, -0.2) is 9.37 Å². The monoisotopic (exact) mass is 482 g/mol. The van der Waals surface area contributed by atoms with Gasteiger partial charge in [-0.05, 0) is 42.2 Å². The largest absolute Gasteiger partial charge is 0.367 e. The van der Waals surface area contributed by atoms with Crippen molar-refractivity contribution in [2.75, 3.05) is 10.6 Å². The predicted octanol–water partition coefficient (Wildman–Crippen LogP) is 4.23. The average Bonchev–Trinajstić information content (AvgIpc) is 3.36. The lowest BCUT2D eigenvalue weighted by Crippen LogP contribution is -2.10. The van der Waals surface area contributed by atoms with Gasteiger partial charge in [-0.15, -0.1) is 0 Å². The maximum absolute atomic E-state index is 13.4. The van der Waals surface area contributed by atoms with Crippen LogP contribution in [0.4, 0.5) is 16.0 Å². The summed E-state index contributed by atoms with van der Waals surface area (Å²) in [5.74, 6) is 1.16. The van der Waals surface area contributed by atoms with E-state index in [4.69, 9.17) is 4.98 Å². The molecule has 1 aromatic carbocycles. The number of benzene rings is 1. The third kappa shape index (κ3) is 4.18. The third-order valence-corrected chi connectivity index (χ3v) is 6.00. The lowest BCUT2D eigenvalue weighted by Gasteiger charge is -2.12. The van der Waals surface area contributed by atoms with Gasteiger partial charge in [-0.2, -0.15) is 9.61 Å². The zero-order chi connectivity index (χ0) is 21.5. The molecule has 0 spiro atoms. The van der Waals surface area contributed by atoms with Crippen LogP contribution >= 0.6 is 15.9 Å². The lowest BCUT2D eigenvalue weighted by atomic mass is 10.1. The fourth-order valence-electron chi connectivity index (χ4n) is 3.46. The zero-order valence-corrected chi connectivity index (χ0v) is 18.2. The lowest BCUT2D eigenvalue weighted by molar-refractivity contribution is -0.118. The van der Waals surface area contributed by atoms with Crippen LogP contribution in [0, 0.1) is 5.82 Å². The van der Waals surface area contributed by atoms with E-state index in [1.165, 1.54) is 12.1 Å². The summed E-state index contributed by atoms with van der Waals surface area (Å²) >= 11 is 3.40. The van der Waals surface area contributed by atoms with E-state index in [1.807, 2.05) is 12.1 Å². The van der Waals surface area contributed by atoms with Crippen LogP contribution < -0.4 is 16.0 Å². The Morgan fingerprint density at radius 2 is 2.19 bits per heavy atom. The number of anilines is 2. The van der Waals surface area contributed by atoms with Gasteiger partial charge in [-0.3, -0.25) is 4.79 Å². The molecule has 3 heterocycles. The Hall–Kier alpha value is -3.20. The van der Waals surface area contributed by atoms with E-state index in [0.29, 0.717) is 40.6 Å². The maximum Gasteiger partial charge on any atom is 0.228 e. The van der Waals surface area contributed by atoms with Crippen molar-refractivity contribution in [3.8, 4) is 0 Å². The minimum atomic E-state index is -0.287. The van der Waals surface area contributed by atoms with Crippen molar-refractivity contribution in [3.05, 3.63) is 69.7 Å². The first kappa shape index (κ1) is 19.7.